The van der Waals surface area contributed by atoms with Crippen molar-refractivity contribution < 1.29 is 4.74 Å². The van der Waals surface area contributed by atoms with Gasteiger partial charge >= 0.3 is 17.1 Å². The minimum atomic E-state index is -0.869. The Morgan fingerprint density at radius 1 is 1.00 bits per heavy atom. The molecule has 2 rings (SSSR count). The lowest BCUT2D eigenvalue weighted by Gasteiger charge is -2.10. The smallest absolute Gasteiger partial charge is 0.345 e. The Kier molecular flexibility index (Phi) is 4.47. The van der Waals surface area contributed by atoms with Crippen molar-refractivity contribution in [3.8, 4) is 11.4 Å². The van der Waals surface area contributed by atoms with Crippen molar-refractivity contribution in [1.29, 1.82) is 0 Å². The molecule has 7 nitrogen and oxygen atoms in total. The van der Waals surface area contributed by atoms with Crippen molar-refractivity contribution in [2.75, 3.05) is 7.11 Å². The van der Waals surface area contributed by atoms with Gasteiger partial charge in [0.1, 0.15) is 5.75 Å². The number of nitrogens with zero attached hydrogens (tertiary/aromatic N) is 3. The second kappa shape index (κ2) is 6.49. The Labute approximate surface area is 130 Å². The fourth-order valence-electron chi connectivity index (χ4n) is 1.95. The summed E-state index contributed by atoms with van der Waals surface area (Å²) in [4.78, 5) is 37.1. The Morgan fingerprint density at radius 3 is 2.04 bits per heavy atom. The zero-order valence-corrected chi connectivity index (χ0v) is 12.4. The van der Waals surface area contributed by atoms with Crippen molar-refractivity contribution in [2.45, 2.75) is 0 Å². The summed E-state index contributed by atoms with van der Waals surface area (Å²) in [5.41, 5.74) is 2.36. The predicted octanol–water partition coefficient (Wildman–Crippen LogP) is 0.681. The van der Waals surface area contributed by atoms with Crippen LogP contribution in [0.25, 0.3) is 18.1 Å². The molecule has 0 N–H and O–H groups in total. The molecule has 0 fully saturated rings. The molecule has 23 heavy (non-hydrogen) atoms. The first kappa shape index (κ1) is 15.9. The van der Waals surface area contributed by atoms with Gasteiger partial charge in [-0.1, -0.05) is 19.2 Å². The van der Waals surface area contributed by atoms with E-state index >= 15 is 0 Å². The van der Waals surface area contributed by atoms with E-state index in [4.69, 9.17) is 4.74 Å². The molecule has 0 bridgehead atoms. The van der Waals surface area contributed by atoms with Crippen molar-refractivity contribution in [3.63, 3.8) is 0 Å². The highest BCUT2D eigenvalue weighted by Crippen LogP contribution is 2.13. The van der Waals surface area contributed by atoms with E-state index in [-0.39, 0.29) is 5.69 Å². The standard InChI is InChI=1S/C16H13N3O4/c1-4-9-17-14(20)18(10-5-2)16(22)19(15(17)21)12-7-6-8-13(11-12)23-3/h6-11H,1-2H2,3H3. The van der Waals surface area contributed by atoms with Gasteiger partial charge in [0.2, 0.25) is 0 Å². The number of aromatic nitrogens is 3. The first-order valence-corrected chi connectivity index (χ1v) is 6.41. The Bertz CT molecular complexity index is 970. The molecule has 0 aliphatic rings. The monoisotopic (exact) mass is 311 g/mol. The Morgan fingerprint density at radius 2 is 1.57 bits per heavy atom. The molecule has 7 heteroatoms. The van der Waals surface area contributed by atoms with E-state index < -0.39 is 17.1 Å². The third-order valence-electron chi connectivity index (χ3n) is 2.96. The van der Waals surface area contributed by atoms with E-state index in [0.717, 1.165) is 17.0 Å². The van der Waals surface area contributed by atoms with Crippen LogP contribution in [0, 0.1) is 0 Å². The molecule has 0 aliphatic heterocycles. The summed E-state index contributed by atoms with van der Waals surface area (Å²) in [5.74, 6) is 0.455. The van der Waals surface area contributed by atoms with E-state index in [9.17, 15) is 14.4 Å². The van der Waals surface area contributed by atoms with Crippen molar-refractivity contribution in [2.24, 2.45) is 0 Å². The molecule has 0 saturated carbocycles. The van der Waals surface area contributed by atoms with Crippen LogP contribution in [0.1, 0.15) is 0 Å². The second-order valence-corrected chi connectivity index (χ2v) is 4.29. The second-order valence-electron chi connectivity index (χ2n) is 4.29. The normalized spacial score (nSPS) is 9.61. The zero-order valence-electron chi connectivity index (χ0n) is 12.4. The van der Waals surface area contributed by atoms with Crippen LogP contribution >= 0.6 is 0 Å². The lowest BCUT2D eigenvalue weighted by atomic mass is 10.3. The van der Waals surface area contributed by atoms with Crippen LogP contribution in [-0.4, -0.2) is 20.8 Å². The molecule has 1 aromatic carbocycles. The van der Waals surface area contributed by atoms with Gasteiger partial charge < -0.3 is 4.74 Å². The number of ether oxygens (including phenoxy) is 1. The van der Waals surface area contributed by atoms with Gasteiger partial charge in [0.25, 0.3) is 0 Å². The summed E-state index contributed by atoms with van der Waals surface area (Å²) < 4.78 is 7.33. The van der Waals surface area contributed by atoms with Crippen LogP contribution in [0.5, 0.6) is 5.75 Å². The third kappa shape index (κ3) is 2.78. The molecule has 0 aliphatic carbocycles. The maximum atomic E-state index is 12.5. The summed E-state index contributed by atoms with van der Waals surface area (Å²) >= 11 is 0. The summed E-state index contributed by atoms with van der Waals surface area (Å²) in [7, 11) is 1.46. The van der Waals surface area contributed by atoms with Gasteiger partial charge in [-0.25, -0.2) is 28.1 Å². The Balaban J connectivity index is 3.01. The first-order valence-electron chi connectivity index (χ1n) is 6.41. The largest absolute Gasteiger partial charge is 0.497 e. The number of rotatable bonds is 4. The van der Waals surface area contributed by atoms with Crippen LogP contribution in [0.2, 0.25) is 0 Å². The van der Waals surface area contributed by atoms with Crippen LogP contribution < -0.4 is 21.8 Å². The maximum absolute atomic E-state index is 12.5. The average Bonchev–Trinajstić information content (AvgIpc) is 2.56. The minimum absolute atomic E-state index is 0.247. The highest BCUT2D eigenvalue weighted by atomic mass is 16.5. The molecule has 0 atom stereocenters. The zero-order chi connectivity index (χ0) is 17.0. The van der Waals surface area contributed by atoms with Gasteiger partial charge in [-0.3, -0.25) is 0 Å². The quantitative estimate of drug-likeness (QED) is 0.778. The van der Waals surface area contributed by atoms with Crippen LogP contribution in [0.15, 0.2) is 63.3 Å². The lowest BCUT2D eigenvalue weighted by molar-refractivity contribution is 0.414. The molecule has 116 valence electrons. The van der Waals surface area contributed by atoms with Crippen molar-refractivity contribution in [1.82, 2.24) is 13.7 Å². The molecular weight excluding hydrogens is 298 g/mol. The van der Waals surface area contributed by atoms with Gasteiger partial charge in [-0.2, -0.15) is 0 Å². The van der Waals surface area contributed by atoms with E-state index in [1.807, 2.05) is 0 Å². The summed E-state index contributed by atoms with van der Waals surface area (Å²) in [6.07, 6.45) is 2.10. The fraction of sp³-hybridized carbons (Fsp3) is 0.0625. The molecule has 0 saturated heterocycles. The van der Waals surface area contributed by atoms with Gasteiger partial charge in [0, 0.05) is 6.07 Å². The molecule has 0 radical (unpaired) electrons. The predicted molar refractivity (Wildman–Crippen MR) is 86.9 cm³/mol. The van der Waals surface area contributed by atoms with Crippen LogP contribution in [0.4, 0.5) is 0 Å². The average molecular weight is 311 g/mol. The summed E-state index contributed by atoms with van der Waals surface area (Å²) in [6, 6.07) is 6.32. The van der Waals surface area contributed by atoms with E-state index in [0.29, 0.717) is 14.9 Å². The SMILES string of the molecule is C=C=Cn1c(=O)n(C=C=C)c(=O)n(-c2cccc(OC)c2)c1=O. The molecule has 1 aromatic heterocycles. The number of hydrogen-bond acceptors (Lipinski definition) is 4. The fourth-order valence-corrected chi connectivity index (χ4v) is 1.95. The third-order valence-corrected chi connectivity index (χ3v) is 2.96. The summed E-state index contributed by atoms with van der Waals surface area (Å²) in [5, 5.41) is 0. The van der Waals surface area contributed by atoms with E-state index in [2.05, 4.69) is 24.6 Å². The van der Waals surface area contributed by atoms with Crippen molar-refractivity contribution >= 4 is 12.4 Å². The topological polar surface area (TPSA) is 75.2 Å². The van der Waals surface area contributed by atoms with Crippen molar-refractivity contribution in [3.05, 3.63) is 80.3 Å². The molecule has 2 aromatic rings. The number of benzene rings is 1. The molecule has 0 amide bonds. The number of hydrogen-bond donors (Lipinski definition) is 0. The van der Waals surface area contributed by atoms with Crippen LogP contribution in [-0.2, 0) is 0 Å². The maximum Gasteiger partial charge on any atom is 0.345 e. The molecule has 0 spiro atoms. The van der Waals surface area contributed by atoms with Gasteiger partial charge in [-0.15, -0.1) is 11.5 Å². The Hall–Kier alpha value is -3.53. The molecule has 0 unspecified atom stereocenters. The lowest BCUT2D eigenvalue weighted by Crippen LogP contribution is -2.51. The summed E-state index contributed by atoms with van der Waals surface area (Å²) in [6.45, 7) is 6.66. The van der Waals surface area contributed by atoms with Gasteiger partial charge in [-0.05, 0) is 12.1 Å². The molecule has 1 heterocycles. The first-order chi connectivity index (χ1) is 11.0. The van der Waals surface area contributed by atoms with E-state index in [1.54, 1.807) is 18.2 Å². The molecular formula is C16H13N3O4. The highest BCUT2D eigenvalue weighted by Gasteiger charge is 2.14. The number of methoxy groups -OCH3 is 1. The minimum Gasteiger partial charge on any atom is -0.497 e. The van der Waals surface area contributed by atoms with E-state index in [1.165, 1.54) is 13.2 Å². The van der Waals surface area contributed by atoms with Crippen LogP contribution in [0.3, 0.4) is 0 Å². The van der Waals surface area contributed by atoms with Gasteiger partial charge in [0.15, 0.2) is 0 Å². The van der Waals surface area contributed by atoms with Gasteiger partial charge in [0.05, 0.1) is 25.2 Å². The highest BCUT2D eigenvalue weighted by molar-refractivity contribution is 5.39.